The summed E-state index contributed by atoms with van der Waals surface area (Å²) in [4.78, 5) is 11.8. The third kappa shape index (κ3) is 5.63. The Labute approximate surface area is 131 Å². The lowest BCUT2D eigenvalue weighted by atomic mass is 10.2. The standard InChI is InChI=1S/C16H24N2O4/c1-20-14-5-3-13(4-6-14)12-21-9-2-7-18-16(19)15-11-17-8-10-22-15/h3-6,15,17H,2,7-12H2,1H3,(H,18,19). The molecule has 1 unspecified atom stereocenters. The smallest absolute Gasteiger partial charge is 0.250 e. The van der Waals surface area contributed by atoms with Crippen molar-refractivity contribution in [3.63, 3.8) is 0 Å². The van der Waals surface area contributed by atoms with Gasteiger partial charge in [-0.25, -0.2) is 0 Å². The van der Waals surface area contributed by atoms with Gasteiger partial charge in [0.15, 0.2) is 0 Å². The zero-order valence-electron chi connectivity index (χ0n) is 13.0. The molecule has 1 amide bonds. The normalized spacial score (nSPS) is 18.0. The van der Waals surface area contributed by atoms with Gasteiger partial charge in [0.1, 0.15) is 11.9 Å². The van der Waals surface area contributed by atoms with Crippen LogP contribution in [0, 0.1) is 0 Å². The SMILES string of the molecule is COc1ccc(COCCCNC(=O)C2CNCCO2)cc1. The first-order valence-corrected chi connectivity index (χ1v) is 7.60. The number of methoxy groups -OCH3 is 1. The maximum Gasteiger partial charge on any atom is 0.250 e. The van der Waals surface area contributed by atoms with Crippen molar-refractivity contribution >= 4 is 5.91 Å². The average Bonchev–Trinajstić information content (AvgIpc) is 2.59. The van der Waals surface area contributed by atoms with Crippen molar-refractivity contribution in [3.8, 4) is 5.75 Å². The molecule has 6 nitrogen and oxygen atoms in total. The van der Waals surface area contributed by atoms with Gasteiger partial charge >= 0.3 is 0 Å². The Morgan fingerprint density at radius 1 is 1.41 bits per heavy atom. The first kappa shape index (κ1) is 16.7. The first-order chi connectivity index (χ1) is 10.8. The molecule has 0 spiro atoms. The zero-order valence-corrected chi connectivity index (χ0v) is 13.0. The molecule has 122 valence electrons. The van der Waals surface area contributed by atoms with Crippen LogP contribution in [0.2, 0.25) is 0 Å². The summed E-state index contributed by atoms with van der Waals surface area (Å²) < 4.78 is 16.1. The summed E-state index contributed by atoms with van der Waals surface area (Å²) in [5.41, 5.74) is 1.10. The highest BCUT2D eigenvalue weighted by atomic mass is 16.5. The van der Waals surface area contributed by atoms with E-state index in [1.807, 2.05) is 24.3 Å². The lowest BCUT2D eigenvalue weighted by Crippen LogP contribution is -2.48. The number of amides is 1. The number of hydrogen-bond donors (Lipinski definition) is 2. The molecule has 1 saturated heterocycles. The van der Waals surface area contributed by atoms with Crippen LogP contribution in [0.1, 0.15) is 12.0 Å². The van der Waals surface area contributed by atoms with Gasteiger partial charge in [-0.15, -0.1) is 0 Å². The predicted octanol–water partition coefficient (Wildman–Crippen LogP) is 0.707. The molecule has 2 rings (SSSR count). The van der Waals surface area contributed by atoms with Crippen molar-refractivity contribution < 1.29 is 19.0 Å². The number of carbonyl (C=O) groups is 1. The monoisotopic (exact) mass is 308 g/mol. The van der Waals surface area contributed by atoms with E-state index in [1.165, 1.54) is 0 Å². The Hall–Kier alpha value is -1.63. The molecule has 1 atom stereocenters. The van der Waals surface area contributed by atoms with Crippen molar-refractivity contribution in [2.45, 2.75) is 19.1 Å². The Morgan fingerprint density at radius 2 is 2.23 bits per heavy atom. The summed E-state index contributed by atoms with van der Waals surface area (Å²) in [6.45, 7) is 3.75. The van der Waals surface area contributed by atoms with Crippen LogP contribution in [0.25, 0.3) is 0 Å². The van der Waals surface area contributed by atoms with E-state index in [4.69, 9.17) is 14.2 Å². The quantitative estimate of drug-likeness (QED) is 0.692. The molecule has 0 aromatic heterocycles. The molecule has 1 aromatic carbocycles. The number of hydrogen-bond acceptors (Lipinski definition) is 5. The Bertz CT molecular complexity index is 444. The number of nitrogens with one attached hydrogen (secondary N) is 2. The van der Waals surface area contributed by atoms with Crippen LogP contribution < -0.4 is 15.4 Å². The second-order valence-electron chi connectivity index (χ2n) is 5.11. The highest BCUT2D eigenvalue weighted by Crippen LogP contribution is 2.11. The molecule has 1 fully saturated rings. The Kier molecular flexibility index (Phi) is 7.15. The molecule has 1 aliphatic heterocycles. The lowest BCUT2D eigenvalue weighted by Gasteiger charge is -2.22. The molecular weight excluding hydrogens is 284 g/mol. The number of rotatable bonds is 8. The van der Waals surface area contributed by atoms with Crippen molar-refractivity contribution in [2.75, 3.05) is 40.0 Å². The molecule has 1 heterocycles. The van der Waals surface area contributed by atoms with Crippen molar-refractivity contribution in [3.05, 3.63) is 29.8 Å². The van der Waals surface area contributed by atoms with E-state index in [0.717, 1.165) is 24.3 Å². The van der Waals surface area contributed by atoms with Gasteiger partial charge in [-0.2, -0.15) is 0 Å². The van der Waals surface area contributed by atoms with E-state index in [1.54, 1.807) is 7.11 Å². The highest BCUT2D eigenvalue weighted by molar-refractivity contribution is 5.81. The number of ether oxygens (including phenoxy) is 3. The highest BCUT2D eigenvalue weighted by Gasteiger charge is 2.20. The molecule has 1 aromatic rings. The fourth-order valence-corrected chi connectivity index (χ4v) is 2.15. The number of benzene rings is 1. The first-order valence-electron chi connectivity index (χ1n) is 7.60. The third-order valence-corrected chi connectivity index (χ3v) is 3.41. The molecule has 6 heteroatoms. The van der Waals surface area contributed by atoms with E-state index >= 15 is 0 Å². The second kappa shape index (κ2) is 9.40. The second-order valence-corrected chi connectivity index (χ2v) is 5.11. The molecule has 1 aliphatic rings. The topological polar surface area (TPSA) is 68.8 Å². The minimum atomic E-state index is -0.367. The maximum absolute atomic E-state index is 11.8. The van der Waals surface area contributed by atoms with Gasteiger partial charge in [-0.05, 0) is 24.1 Å². The van der Waals surface area contributed by atoms with Crippen LogP contribution in [-0.4, -0.2) is 52.0 Å². The van der Waals surface area contributed by atoms with Gasteiger partial charge in [0.2, 0.25) is 5.91 Å². The maximum atomic E-state index is 11.8. The van der Waals surface area contributed by atoms with E-state index < -0.39 is 0 Å². The van der Waals surface area contributed by atoms with Crippen molar-refractivity contribution in [1.82, 2.24) is 10.6 Å². The summed E-state index contributed by atoms with van der Waals surface area (Å²) in [5.74, 6) is 0.785. The van der Waals surface area contributed by atoms with Gasteiger partial charge in [0.05, 0.1) is 20.3 Å². The molecule has 0 aliphatic carbocycles. The number of carbonyl (C=O) groups excluding carboxylic acids is 1. The fraction of sp³-hybridized carbons (Fsp3) is 0.562. The van der Waals surface area contributed by atoms with E-state index in [0.29, 0.717) is 32.9 Å². The van der Waals surface area contributed by atoms with Crippen LogP contribution in [0.3, 0.4) is 0 Å². The van der Waals surface area contributed by atoms with Gasteiger partial charge in [0.25, 0.3) is 0 Å². The lowest BCUT2D eigenvalue weighted by molar-refractivity contribution is -0.134. The van der Waals surface area contributed by atoms with Gasteiger partial charge < -0.3 is 24.8 Å². The molecular formula is C16H24N2O4. The summed E-state index contributed by atoms with van der Waals surface area (Å²) in [5, 5.41) is 6.00. The van der Waals surface area contributed by atoms with Crippen LogP contribution in [0.15, 0.2) is 24.3 Å². The number of morpholine rings is 1. The molecule has 0 radical (unpaired) electrons. The van der Waals surface area contributed by atoms with Crippen LogP contribution in [0.4, 0.5) is 0 Å². The Balaban J connectivity index is 1.52. The minimum Gasteiger partial charge on any atom is -0.497 e. The molecule has 22 heavy (non-hydrogen) atoms. The summed E-state index contributed by atoms with van der Waals surface area (Å²) >= 11 is 0. The third-order valence-electron chi connectivity index (χ3n) is 3.41. The van der Waals surface area contributed by atoms with E-state index in [2.05, 4.69) is 10.6 Å². The van der Waals surface area contributed by atoms with Crippen molar-refractivity contribution in [2.24, 2.45) is 0 Å². The van der Waals surface area contributed by atoms with E-state index in [-0.39, 0.29) is 12.0 Å². The van der Waals surface area contributed by atoms with Gasteiger partial charge in [-0.3, -0.25) is 4.79 Å². The average molecular weight is 308 g/mol. The summed E-state index contributed by atoms with van der Waals surface area (Å²) in [7, 11) is 1.65. The van der Waals surface area contributed by atoms with Crippen LogP contribution in [-0.2, 0) is 20.9 Å². The zero-order chi connectivity index (χ0) is 15.6. The summed E-state index contributed by atoms with van der Waals surface area (Å²) in [6.07, 6.45) is 0.413. The fourth-order valence-electron chi connectivity index (χ4n) is 2.15. The molecule has 0 saturated carbocycles. The van der Waals surface area contributed by atoms with E-state index in [9.17, 15) is 4.79 Å². The molecule has 2 N–H and O–H groups in total. The van der Waals surface area contributed by atoms with Crippen LogP contribution in [0.5, 0.6) is 5.75 Å². The molecule has 0 bridgehead atoms. The largest absolute Gasteiger partial charge is 0.497 e. The predicted molar refractivity (Wildman–Crippen MR) is 82.9 cm³/mol. The van der Waals surface area contributed by atoms with Gasteiger partial charge in [0, 0.05) is 26.2 Å². The van der Waals surface area contributed by atoms with Crippen molar-refractivity contribution in [1.29, 1.82) is 0 Å². The minimum absolute atomic E-state index is 0.0534. The Morgan fingerprint density at radius 3 is 2.91 bits per heavy atom. The summed E-state index contributed by atoms with van der Waals surface area (Å²) in [6, 6.07) is 7.79. The van der Waals surface area contributed by atoms with Crippen LogP contribution >= 0.6 is 0 Å². The van der Waals surface area contributed by atoms with Gasteiger partial charge in [-0.1, -0.05) is 12.1 Å².